The topological polar surface area (TPSA) is 64.8 Å². The molecule has 164 valence electrons. The third-order valence-corrected chi connectivity index (χ3v) is 5.76. The summed E-state index contributed by atoms with van der Waals surface area (Å²) < 4.78 is 17.2. The Morgan fingerprint density at radius 1 is 1.26 bits per heavy atom. The number of hydrogen-bond acceptors (Lipinski definition) is 5. The van der Waals surface area contributed by atoms with Crippen molar-refractivity contribution in [3.05, 3.63) is 52.9 Å². The van der Waals surface area contributed by atoms with Gasteiger partial charge in [0.25, 0.3) is 5.91 Å². The first-order valence-electron chi connectivity index (χ1n) is 10.6. The number of oxazole rings is 1. The Bertz CT molecular complexity index is 1040. The number of rotatable bonds is 6. The van der Waals surface area contributed by atoms with Crippen molar-refractivity contribution >= 4 is 28.6 Å². The molecule has 1 aromatic heterocycles. The van der Waals surface area contributed by atoms with E-state index in [0.29, 0.717) is 47.7 Å². The molecule has 1 fully saturated rings. The third-order valence-electron chi connectivity index (χ3n) is 5.48. The first-order valence-corrected chi connectivity index (χ1v) is 11.0. The Morgan fingerprint density at radius 3 is 2.68 bits per heavy atom. The second kappa shape index (κ2) is 9.18. The highest BCUT2D eigenvalue weighted by Gasteiger charge is 2.28. The van der Waals surface area contributed by atoms with Crippen molar-refractivity contribution < 1.29 is 18.7 Å². The van der Waals surface area contributed by atoms with Gasteiger partial charge in [-0.3, -0.25) is 4.79 Å². The van der Waals surface area contributed by atoms with E-state index in [2.05, 4.69) is 18.8 Å². The van der Waals surface area contributed by atoms with Crippen LogP contribution in [0.2, 0.25) is 5.02 Å². The Morgan fingerprint density at radius 2 is 2.00 bits per heavy atom. The molecule has 0 saturated carbocycles. The molecule has 1 aliphatic rings. The molecular weight excluding hydrogens is 416 g/mol. The molecule has 0 bridgehead atoms. The monoisotopic (exact) mass is 442 g/mol. The molecule has 0 aliphatic carbocycles. The summed E-state index contributed by atoms with van der Waals surface area (Å²) >= 11 is 6.43. The molecule has 6 nitrogen and oxygen atoms in total. The first kappa shape index (κ1) is 21.5. The molecule has 7 heteroatoms. The highest BCUT2D eigenvalue weighted by Crippen LogP contribution is 2.37. The van der Waals surface area contributed by atoms with Gasteiger partial charge >= 0.3 is 0 Å². The Kier molecular flexibility index (Phi) is 6.37. The average molecular weight is 443 g/mol. The molecule has 0 spiro atoms. The number of amides is 1. The van der Waals surface area contributed by atoms with E-state index in [1.807, 2.05) is 29.2 Å². The quantitative estimate of drug-likeness (QED) is 0.501. The minimum absolute atomic E-state index is 0.0633. The van der Waals surface area contributed by atoms with Crippen LogP contribution in [-0.4, -0.2) is 42.6 Å². The molecule has 4 rings (SSSR count). The molecular formula is C24H27ClN2O4. The number of methoxy groups -OCH3 is 1. The number of likely N-dealkylation sites (tertiary alicyclic amines) is 1. The molecule has 1 aliphatic heterocycles. The number of carbonyl (C=O) groups is 1. The zero-order chi connectivity index (χ0) is 22.0. The zero-order valence-corrected chi connectivity index (χ0v) is 18.8. The maximum atomic E-state index is 13.1. The Labute approximate surface area is 187 Å². The normalized spacial score (nSPS) is 14.9. The molecule has 0 unspecified atom stereocenters. The van der Waals surface area contributed by atoms with Crippen LogP contribution in [0.5, 0.6) is 11.5 Å². The van der Waals surface area contributed by atoms with Gasteiger partial charge in [-0.1, -0.05) is 37.6 Å². The van der Waals surface area contributed by atoms with Crippen molar-refractivity contribution in [1.29, 1.82) is 0 Å². The van der Waals surface area contributed by atoms with Gasteiger partial charge in [0.05, 0.1) is 18.7 Å². The van der Waals surface area contributed by atoms with Gasteiger partial charge in [-0.05, 0) is 43.0 Å². The van der Waals surface area contributed by atoms with Crippen molar-refractivity contribution in [2.75, 3.05) is 26.8 Å². The molecule has 2 aromatic carbocycles. The average Bonchev–Trinajstić information content (AvgIpc) is 3.21. The van der Waals surface area contributed by atoms with E-state index in [1.54, 1.807) is 19.2 Å². The van der Waals surface area contributed by atoms with E-state index in [-0.39, 0.29) is 11.8 Å². The van der Waals surface area contributed by atoms with Crippen molar-refractivity contribution in [3.63, 3.8) is 0 Å². The number of nitrogens with zero attached hydrogens (tertiary/aromatic N) is 2. The van der Waals surface area contributed by atoms with E-state index in [1.165, 1.54) is 0 Å². The van der Waals surface area contributed by atoms with Gasteiger partial charge < -0.3 is 18.8 Å². The van der Waals surface area contributed by atoms with Crippen LogP contribution in [-0.2, 0) is 0 Å². The number of para-hydroxylation sites is 2. The summed E-state index contributed by atoms with van der Waals surface area (Å²) in [7, 11) is 1.55. The summed E-state index contributed by atoms with van der Waals surface area (Å²) in [5.41, 5.74) is 2.18. The smallest absolute Gasteiger partial charge is 0.254 e. The van der Waals surface area contributed by atoms with Gasteiger partial charge in [0.15, 0.2) is 23.0 Å². The fourth-order valence-corrected chi connectivity index (χ4v) is 4.08. The lowest BCUT2D eigenvalue weighted by atomic mass is 9.96. The first-order chi connectivity index (χ1) is 15.0. The lowest BCUT2D eigenvalue weighted by molar-refractivity contribution is 0.0706. The van der Waals surface area contributed by atoms with E-state index >= 15 is 0 Å². The van der Waals surface area contributed by atoms with Crippen molar-refractivity contribution in [1.82, 2.24) is 9.88 Å². The molecule has 0 N–H and O–H groups in total. The van der Waals surface area contributed by atoms with Gasteiger partial charge in [-0.15, -0.1) is 0 Å². The number of piperidine rings is 1. The zero-order valence-electron chi connectivity index (χ0n) is 18.1. The van der Waals surface area contributed by atoms with Crippen LogP contribution < -0.4 is 9.47 Å². The van der Waals surface area contributed by atoms with Crippen LogP contribution in [0.25, 0.3) is 11.1 Å². The van der Waals surface area contributed by atoms with Crippen LogP contribution in [0.15, 0.2) is 40.8 Å². The summed E-state index contributed by atoms with van der Waals surface area (Å²) in [6.07, 6.45) is 1.61. The van der Waals surface area contributed by atoms with Gasteiger partial charge in [-0.2, -0.15) is 0 Å². The molecule has 2 heterocycles. The Hall–Kier alpha value is -2.73. The predicted molar refractivity (Wildman–Crippen MR) is 120 cm³/mol. The van der Waals surface area contributed by atoms with Crippen LogP contribution in [0.3, 0.4) is 0 Å². The third kappa shape index (κ3) is 4.64. The second-order valence-corrected chi connectivity index (χ2v) is 8.69. The minimum atomic E-state index is -0.0633. The molecule has 31 heavy (non-hydrogen) atoms. The Balaban J connectivity index is 1.45. The van der Waals surface area contributed by atoms with E-state index in [9.17, 15) is 4.79 Å². The lowest BCUT2D eigenvalue weighted by Gasteiger charge is -2.31. The van der Waals surface area contributed by atoms with Gasteiger partial charge in [0.2, 0.25) is 0 Å². The standard InChI is InChI=1S/C24H27ClN2O4/c1-15(2)14-30-22-18(25)12-17(13-21(22)29-3)24(28)27-10-8-16(9-11-27)23-26-19-6-4-5-7-20(19)31-23/h4-7,12-13,15-16H,8-11,14H2,1-3H3. The van der Waals surface area contributed by atoms with Crippen molar-refractivity contribution in [3.8, 4) is 11.5 Å². The number of halogens is 1. The highest BCUT2D eigenvalue weighted by atomic mass is 35.5. The number of fused-ring (bicyclic) bond motifs is 1. The largest absolute Gasteiger partial charge is 0.493 e. The predicted octanol–water partition coefficient (Wildman–Crippen LogP) is 5.54. The molecule has 0 radical (unpaired) electrons. The van der Waals surface area contributed by atoms with E-state index in [4.69, 9.17) is 25.5 Å². The van der Waals surface area contributed by atoms with Gasteiger partial charge in [0.1, 0.15) is 5.52 Å². The number of benzene rings is 2. The second-order valence-electron chi connectivity index (χ2n) is 8.28. The maximum absolute atomic E-state index is 13.1. The van der Waals surface area contributed by atoms with Crippen molar-refractivity contribution in [2.45, 2.75) is 32.6 Å². The van der Waals surface area contributed by atoms with Crippen LogP contribution >= 0.6 is 11.6 Å². The maximum Gasteiger partial charge on any atom is 0.254 e. The minimum Gasteiger partial charge on any atom is -0.493 e. The number of ether oxygens (including phenoxy) is 2. The van der Waals surface area contributed by atoms with E-state index in [0.717, 1.165) is 29.8 Å². The molecule has 1 saturated heterocycles. The summed E-state index contributed by atoms with van der Waals surface area (Å²) in [5, 5.41) is 0.379. The fourth-order valence-electron chi connectivity index (χ4n) is 3.81. The van der Waals surface area contributed by atoms with Crippen molar-refractivity contribution in [2.24, 2.45) is 5.92 Å². The lowest BCUT2D eigenvalue weighted by Crippen LogP contribution is -2.38. The molecule has 3 aromatic rings. The number of carbonyl (C=O) groups excluding carboxylic acids is 1. The van der Waals surface area contributed by atoms with E-state index < -0.39 is 0 Å². The fraction of sp³-hybridized carbons (Fsp3) is 0.417. The SMILES string of the molecule is COc1cc(C(=O)N2CCC(c3nc4ccccc4o3)CC2)cc(Cl)c1OCC(C)C. The van der Waals surface area contributed by atoms with Gasteiger partial charge in [-0.25, -0.2) is 4.98 Å². The van der Waals surface area contributed by atoms with Crippen LogP contribution in [0.4, 0.5) is 0 Å². The molecule has 1 amide bonds. The van der Waals surface area contributed by atoms with Crippen LogP contribution in [0, 0.1) is 5.92 Å². The highest BCUT2D eigenvalue weighted by molar-refractivity contribution is 6.32. The number of hydrogen-bond donors (Lipinski definition) is 0. The summed E-state index contributed by atoms with van der Waals surface area (Å²) in [4.78, 5) is 19.6. The number of aromatic nitrogens is 1. The summed E-state index contributed by atoms with van der Waals surface area (Å²) in [6.45, 7) is 5.90. The van der Waals surface area contributed by atoms with Gasteiger partial charge in [0, 0.05) is 24.6 Å². The van der Waals surface area contributed by atoms with Crippen LogP contribution in [0.1, 0.15) is 48.9 Å². The molecule has 0 atom stereocenters. The summed E-state index contributed by atoms with van der Waals surface area (Å²) in [6, 6.07) is 11.1. The summed E-state index contributed by atoms with van der Waals surface area (Å²) in [5.74, 6) is 2.20.